The van der Waals surface area contributed by atoms with Gasteiger partial charge in [-0.1, -0.05) is 11.6 Å². The largest absolute Gasteiger partial charge is 0.451 e. The molecule has 0 saturated carbocycles. The Hall–Kier alpha value is -1.66. The van der Waals surface area contributed by atoms with Crippen LogP contribution in [-0.4, -0.2) is 31.7 Å². The second-order valence-corrected chi connectivity index (χ2v) is 4.09. The Morgan fingerprint density at radius 1 is 1.47 bits per heavy atom. The molecule has 0 aliphatic carbocycles. The van der Waals surface area contributed by atoms with Crippen LogP contribution < -0.4 is 5.32 Å². The molecule has 1 aromatic carbocycles. The average molecular weight is 290 g/mol. The van der Waals surface area contributed by atoms with Gasteiger partial charge in [-0.25, -0.2) is 9.18 Å². The summed E-state index contributed by atoms with van der Waals surface area (Å²) < 4.78 is 22.2. The Morgan fingerprint density at radius 2 is 2.16 bits per heavy atom. The van der Waals surface area contributed by atoms with Crippen molar-refractivity contribution in [3.8, 4) is 0 Å². The van der Waals surface area contributed by atoms with E-state index in [1.165, 1.54) is 20.1 Å². The molecule has 0 unspecified atom stereocenters. The lowest BCUT2D eigenvalue weighted by Crippen LogP contribution is -2.31. The van der Waals surface area contributed by atoms with E-state index in [0.717, 1.165) is 12.1 Å². The predicted molar refractivity (Wildman–Crippen MR) is 67.5 cm³/mol. The van der Waals surface area contributed by atoms with Gasteiger partial charge in [-0.3, -0.25) is 4.79 Å². The molecule has 1 amide bonds. The van der Waals surface area contributed by atoms with Crippen molar-refractivity contribution < 1.29 is 23.5 Å². The van der Waals surface area contributed by atoms with E-state index in [4.69, 9.17) is 16.3 Å². The average Bonchev–Trinajstić information content (AvgIpc) is 2.32. The normalized spacial score (nSPS) is 11.8. The number of amides is 1. The fourth-order valence-electron chi connectivity index (χ4n) is 1.23. The van der Waals surface area contributed by atoms with Crippen molar-refractivity contribution in [2.24, 2.45) is 0 Å². The Labute approximate surface area is 114 Å². The van der Waals surface area contributed by atoms with Crippen LogP contribution in [0.2, 0.25) is 5.02 Å². The number of ether oxygens (including phenoxy) is 2. The van der Waals surface area contributed by atoms with E-state index >= 15 is 0 Å². The van der Waals surface area contributed by atoms with Crippen molar-refractivity contribution in [3.63, 3.8) is 0 Å². The van der Waals surface area contributed by atoms with Crippen LogP contribution in [0.25, 0.3) is 0 Å². The summed E-state index contributed by atoms with van der Waals surface area (Å²) in [7, 11) is 1.34. The summed E-state index contributed by atoms with van der Waals surface area (Å²) in [4.78, 5) is 22.8. The van der Waals surface area contributed by atoms with Crippen LogP contribution in [0.5, 0.6) is 0 Å². The first kappa shape index (κ1) is 15.4. The molecule has 0 spiro atoms. The molecule has 1 N–H and O–H groups in total. The third-order valence-electron chi connectivity index (χ3n) is 2.13. The first-order chi connectivity index (χ1) is 8.93. The van der Waals surface area contributed by atoms with Crippen LogP contribution in [0.4, 0.5) is 10.1 Å². The van der Waals surface area contributed by atoms with E-state index in [-0.39, 0.29) is 17.3 Å². The van der Waals surface area contributed by atoms with Crippen LogP contribution in [0.3, 0.4) is 0 Å². The summed E-state index contributed by atoms with van der Waals surface area (Å²) in [6, 6.07) is 3.54. The molecule has 0 heterocycles. The molecular weight excluding hydrogens is 277 g/mol. The molecular formula is C12H13ClFNO4. The zero-order valence-electron chi connectivity index (χ0n) is 10.4. The third-order valence-corrected chi connectivity index (χ3v) is 2.44. The first-order valence-electron chi connectivity index (χ1n) is 5.38. The van der Waals surface area contributed by atoms with E-state index in [0.29, 0.717) is 0 Å². The van der Waals surface area contributed by atoms with E-state index in [2.05, 4.69) is 10.1 Å². The van der Waals surface area contributed by atoms with Gasteiger partial charge in [0.15, 0.2) is 6.10 Å². The molecule has 104 valence electrons. The lowest BCUT2D eigenvalue weighted by molar-refractivity contribution is -0.156. The van der Waals surface area contributed by atoms with E-state index in [9.17, 15) is 14.0 Å². The third kappa shape index (κ3) is 4.84. The summed E-state index contributed by atoms with van der Waals surface area (Å²) >= 11 is 5.75. The molecule has 1 rings (SSSR count). The Balaban J connectivity index is 2.61. The molecule has 0 bridgehead atoms. The summed E-state index contributed by atoms with van der Waals surface area (Å²) in [5.41, 5.74) is 0.239. The van der Waals surface area contributed by atoms with Gasteiger partial charge in [0.05, 0.1) is 10.7 Å². The quantitative estimate of drug-likeness (QED) is 0.842. The van der Waals surface area contributed by atoms with Crippen molar-refractivity contribution in [2.75, 3.05) is 19.0 Å². The smallest absolute Gasteiger partial charge is 0.332 e. The van der Waals surface area contributed by atoms with E-state index < -0.39 is 23.8 Å². The highest BCUT2D eigenvalue weighted by molar-refractivity contribution is 6.33. The first-order valence-corrected chi connectivity index (χ1v) is 5.76. The summed E-state index contributed by atoms with van der Waals surface area (Å²) in [5, 5.41) is 2.49. The molecule has 1 atom stereocenters. The van der Waals surface area contributed by atoms with E-state index in [1.807, 2.05) is 0 Å². The second kappa shape index (κ2) is 7.06. The van der Waals surface area contributed by atoms with Gasteiger partial charge in [-0.05, 0) is 25.1 Å². The highest BCUT2D eigenvalue weighted by atomic mass is 35.5. The fraction of sp³-hybridized carbons (Fsp3) is 0.333. The number of methoxy groups -OCH3 is 1. The number of halogens is 2. The lowest BCUT2D eigenvalue weighted by atomic mass is 10.3. The number of hydrogen-bond donors (Lipinski definition) is 1. The van der Waals surface area contributed by atoms with Crippen LogP contribution in [0.15, 0.2) is 18.2 Å². The minimum atomic E-state index is -1.01. The molecule has 0 aliphatic heterocycles. The van der Waals surface area contributed by atoms with Crippen molar-refractivity contribution in [1.29, 1.82) is 0 Å². The highest BCUT2D eigenvalue weighted by Crippen LogP contribution is 2.22. The number of benzene rings is 1. The van der Waals surface area contributed by atoms with Gasteiger partial charge < -0.3 is 14.8 Å². The predicted octanol–water partition coefficient (Wildman–Crippen LogP) is 2.00. The molecule has 0 fully saturated rings. The maximum absolute atomic E-state index is 12.8. The Kier molecular flexibility index (Phi) is 5.72. The number of carbonyl (C=O) groups is 2. The molecule has 0 radical (unpaired) electrons. The monoisotopic (exact) mass is 289 g/mol. The second-order valence-electron chi connectivity index (χ2n) is 3.68. The SMILES string of the molecule is COCC(=O)O[C@@H](C)C(=O)Nc1ccc(F)cc1Cl. The van der Waals surface area contributed by atoms with Gasteiger partial charge in [-0.2, -0.15) is 0 Å². The molecule has 7 heteroatoms. The number of esters is 1. The van der Waals surface area contributed by atoms with Crippen LogP contribution in [0, 0.1) is 5.82 Å². The van der Waals surface area contributed by atoms with Crippen molar-refractivity contribution in [1.82, 2.24) is 0 Å². The van der Waals surface area contributed by atoms with Crippen LogP contribution in [0.1, 0.15) is 6.92 Å². The number of anilines is 1. The molecule has 5 nitrogen and oxygen atoms in total. The van der Waals surface area contributed by atoms with Crippen molar-refractivity contribution in [3.05, 3.63) is 29.0 Å². The highest BCUT2D eigenvalue weighted by Gasteiger charge is 2.18. The van der Waals surface area contributed by atoms with Gasteiger partial charge in [0.2, 0.25) is 0 Å². The van der Waals surface area contributed by atoms with Gasteiger partial charge >= 0.3 is 5.97 Å². The van der Waals surface area contributed by atoms with Crippen LogP contribution in [-0.2, 0) is 19.1 Å². The van der Waals surface area contributed by atoms with Crippen molar-refractivity contribution >= 4 is 29.2 Å². The molecule has 19 heavy (non-hydrogen) atoms. The maximum atomic E-state index is 12.8. The summed E-state index contributed by atoms with van der Waals surface area (Å²) in [6.45, 7) is 1.16. The van der Waals surface area contributed by atoms with Crippen molar-refractivity contribution in [2.45, 2.75) is 13.0 Å². The molecule has 0 aromatic heterocycles. The zero-order chi connectivity index (χ0) is 14.4. The van der Waals surface area contributed by atoms with Crippen LogP contribution >= 0.6 is 11.6 Å². The number of carbonyl (C=O) groups excluding carboxylic acids is 2. The summed E-state index contributed by atoms with van der Waals surface area (Å²) in [5.74, 6) is -1.74. The molecule has 0 aliphatic rings. The standard InChI is InChI=1S/C12H13ClFNO4/c1-7(19-11(16)6-18-2)12(17)15-10-4-3-8(14)5-9(10)13/h3-5,7H,6H2,1-2H3,(H,15,17)/t7-/m0/s1. The zero-order valence-corrected chi connectivity index (χ0v) is 11.2. The number of rotatable bonds is 5. The lowest BCUT2D eigenvalue weighted by Gasteiger charge is -2.13. The Morgan fingerprint density at radius 3 is 2.74 bits per heavy atom. The number of hydrogen-bond acceptors (Lipinski definition) is 4. The van der Waals surface area contributed by atoms with E-state index in [1.54, 1.807) is 0 Å². The van der Waals surface area contributed by atoms with Gasteiger partial charge in [-0.15, -0.1) is 0 Å². The molecule has 0 saturated heterocycles. The maximum Gasteiger partial charge on any atom is 0.332 e. The summed E-state index contributed by atoms with van der Waals surface area (Å²) in [6.07, 6.45) is -1.01. The van der Waals surface area contributed by atoms with Gasteiger partial charge in [0.1, 0.15) is 12.4 Å². The topological polar surface area (TPSA) is 64.6 Å². The molecule has 1 aromatic rings. The number of nitrogens with one attached hydrogen (secondary N) is 1. The van der Waals surface area contributed by atoms with Gasteiger partial charge in [0.25, 0.3) is 5.91 Å². The Bertz CT molecular complexity index is 481. The minimum Gasteiger partial charge on any atom is -0.451 e. The van der Waals surface area contributed by atoms with Gasteiger partial charge in [0, 0.05) is 7.11 Å². The fourth-order valence-corrected chi connectivity index (χ4v) is 1.44. The minimum absolute atomic E-state index is 0.0590.